The van der Waals surface area contributed by atoms with E-state index in [-0.39, 0.29) is 6.10 Å². The Bertz CT molecular complexity index is 551. The average molecular weight is 271 g/mol. The highest BCUT2D eigenvalue weighted by Gasteiger charge is 2.33. The number of rotatable bonds is 3. The van der Waals surface area contributed by atoms with Crippen molar-refractivity contribution in [1.82, 2.24) is 5.32 Å². The topological polar surface area (TPSA) is 36.9 Å². The molecule has 1 unspecified atom stereocenters. The largest absolute Gasteiger partial charge is 0.478 e. The zero-order chi connectivity index (χ0) is 13.5. The fraction of sp³-hybridized carbons (Fsp3) is 0.562. The van der Waals surface area contributed by atoms with E-state index in [1.54, 1.807) is 0 Å². The van der Waals surface area contributed by atoms with Gasteiger partial charge in [0.1, 0.15) is 11.6 Å². The smallest absolute Gasteiger partial charge is 0.173 e. The number of amidine groups is 1. The Labute approximate surface area is 119 Å². The second-order valence-corrected chi connectivity index (χ2v) is 6.12. The van der Waals surface area contributed by atoms with Crippen LogP contribution in [-0.2, 0) is 0 Å². The molecule has 1 atom stereocenters. The fourth-order valence-corrected chi connectivity index (χ4v) is 3.02. The minimum Gasteiger partial charge on any atom is -0.478 e. The number of ether oxygens (including phenoxy) is 1. The van der Waals surface area contributed by atoms with E-state index in [1.165, 1.54) is 24.1 Å². The van der Waals surface area contributed by atoms with Crippen LogP contribution in [0.1, 0.15) is 18.4 Å². The molecule has 4 heteroatoms. The van der Waals surface area contributed by atoms with Crippen molar-refractivity contribution in [3.8, 4) is 5.75 Å². The van der Waals surface area contributed by atoms with Gasteiger partial charge in [0.15, 0.2) is 6.10 Å². The number of hydrogen-bond acceptors (Lipinski definition) is 4. The lowest BCUT2D eigenvalue weighted by Gasteiger charge is -2.36. The first-order valence-electron chi connectivity index (χ1n) is 7.60. The lowest BCUT2D eigenvalue weighted by molar-refractivity contribution is 0.252. The zero-order valence-electron chi connectivity index (χ0n) is 11.9. The normalized spacial score (nSPS) is 24.8. The van der Waals surface area contributed by atoms with Crippen LogP contribution in [-0.4, -0.2) is 38.1 Å². The Morgan fingerprint density at radius 2 is 2.30 bits per heavy atom. The number of aryl methyl sites for hydroxylation is 1. The summed E-state index contributed by atoms with van der Waals surface area (Å²) in [5, 5.41) is 3.36. The predicted molar refractivity (Wildman–Crippen MR) is 80.8 cm³/mol. The maximum Gasteiger partial charge on any atom is 0.173 e. The van der Waals surface area contributed by atoms with Gasteiger partial charge >= 0.3 is 0 Å². The van der Waals surface area contributed by atoms with Crippen LogP contribution in [0.25, 0.3) is 0 Å². The van der Waals surface area contributed by atoms with Crippen LogP contribution in [0.3, 0.4) is 0 Å². The van der Waals surface area contributed by atoms with Crippen molar-refractivity contribution in [2.75, 3.05) is 31.1 Å². The van der Waals surface area contributed by atoms with Gasteiger partial charge in [0.25, 0.3) is 0 Å². The van der Waals surface area contributed by atoms with Gasteiger partial charge in [-0.2, -0.15) is 0 Å². The summed E-state index contributed by atoms with van der Waals surface area (Å²) in [6.45, 7) is 6.03. The molecule has 0 spiro atoms. The third-order valence-corrected chi connectivity index (χ3v) is 4.29. The molecule has 0 bridgehead atoms. The number of hydrogen-bond donors (Lipinski definition) is 1. The zero-order valence-corrected chi connectivity index (χ0v) is 11.9. The lowest BCUT2D eigenvalue weighted by atomic mass is 10.1. The van der Waals surface area contributed by atoms with Crippen LogP contribution in [0, 0.1) is 12.8 Å². The quantitative estimate of drug-likeness (QED) is 0.913. The molecule has 1 aromatic rings. The predicted octanol–water partition coefficient (Wildman–Crippen LogP) is 1.97. The molecular weight excluding hydrogens is 250 g/mol. The molecule has 0 amide bonds. The van der Waals surface area contributed by atoms with E-state index in [0.717, 1.165) is 43.7 Å². The highest BCUT2D eigenvalue weighted by atomic mass is 16.5. The van der Waals surface area contributed by atoms with Gasteiger partial charge in [-0.25, -0.2) is 0 Å². The maximum absolute atomic E-state index is 6.17. The summed E-state index contributed by atoms with van der Waals surface area (Å²) in [5.41, 5.74) is 2.55. The molecule has 2 aliphatic heterocycles. The first kappa shape index (κ1) is 12.1. The SMILES string of the molecule is Cc1ccc2c(c1)N(CC1CC1)CC(C1=NCCN1)O2. The van der Waals surface area contributed by atoms with Gasteiger partial charge in [0.2, 0.25) is 0 Å². The molecule has 4 nitrogen and oxygen atoms in total. The maximum atomic E-state index is 6.17. The van der Waals surface area contributed by atoms with Crippen molar-refractivity contribution >= 4 is 11.5 Å². The Hall–Kier alpha value is -1.71. The van der Waals surface area contributed by atoms with Crippen molar-refractivity contribution in [1.29, 1.82) is 0 Å². The standard InChI is InChI=1S/C16H21N3O/c1-11-2-5-14-13(8-11)19(9-12-3-4-12)10-15(20-14)16-17-6-7-18-16/h2,5,8,12,15H,3-4,6-7,9-10H2,1H3,(H,17,18). The first-order valence-corrected chi connectivity index (χ1v) is 7.60. The molecule has 3 aliphatic rings. The van der Waals surface area contributed by atoms with Crippen molar-refractivity contribution in [3.63, 3.8) is 0 Å². The van der Waals surface area contributed by atoms with Crippen LogP contribution in [0.4, 0.5) is 5.69 Å². The van der Waals surface area contributed by atoms with Crippen LogP contribution >= 0.6 is 0 Å². The molecule has 4 rings (SSSR count). The number of anilines is 1. The molecule has 0 aromatic heterocycles. The van der Waals surface area contributed by atoms with Crippen molar-refractivity contribution in [3.05, 3.63) is 23.8 Å². The molecule has 1 aliphatic carbocycles. The number of nitrogens with zero attached hydrogens (tertiary/aromatic N) is 2. The second kappa shape index (κ2) is 4.69. The van der Waals surface area contributed by atoms with Gasteiger partial charge in [-0.1, -0.05) is 6.07 Å². The number of fused-ring (bicyclic) bond motifs is 1. The first-order chi connectivity index (χ1) is 9.79. The molecule has 1 aromatic carbocycles. The molecule has 106 valence electrons. The molecule has 1 saturated carbocycles. The summed E-state index contributed by atoms with van der Waals surface area (Å²) in [7, 11) is 0. The van der Waals surface area contributed by atoms with E-state index >= 15 is 0 Å². The van der Waals surface area contributed by atoms with Gasteiger partial charge in [-0.3, -0.25) is 4.99 Å². The lowest BCUT2D eigenvalue weighted by Crippen LogP contribution is -2.48. The van der Waals surface area contributed by atoms with E-state index in [0.29, 0.717) is 0 Å². The summed E-state index contributed by atoms with van der Waals surface area (Å²) in [4.78, 5) is 7.03. The molecule has 2 heterocycles. The number of benzene rings is 1. The number of aliphatic imine (C=N–C) groups is 1. The minimum atomic E-state index is 0.0615. The number of nitrogens with one attached hydrogen (secondary N) is 1. The van der Waals surface area contributed by atoms with Crippen LogP contribution in [0.2, 0.25) is 0 Å². The van der Waals surface area contributed by atoms with Crippen LogP contribution in [0.15, 0.2) is 23.2 Å². The Morgan fingerprint density at radius 1 is 1.40 bits per heavy atom. The molecule has 0 radical (unpaired) electrons. The molecule has 20 heavy (non-hydrogen) atoms. The summed E-state index contributed by atoms with van der Waals surface area (Å²) >= 11 is 0. The Kier molecular flexibility index (Phi) is 2.83. The monoisotopic (exact) mass is 271 g/mol. The van der Waals surface area contributed by atoms with Gasteiger partial charge in [-0.15, -0.1) is 0 Å². The van der Waals surface area contributed by atoms with Gasteiger partial charge < -0.3 is 15.0 Å². The van der Waals surface area contributed by atoms with Crippen molar-refractivity contribution in [2.24, 2.45) is 10.9 Å². The summed E-state index contributed by atoms with van der Waals surface area (Å²) in [6, 6.07) is 6.48. The van der Waals surface area contributed by atoms with E-state index < -0.39 is 0 Å². The van der Waals surface area contributed by atoms with E-state index in [2.05, 4.69) is 40.3 Å². The van der Waals surface area contributed by atoms with Crippen LogP contribution < -0.4 is 15.0 Å². The third kappa shape index (κ3) is 2.23. The van der Waals surface area contributed by atoms with E-state index in [9.17, 15) is 0 Å². The highest BCUT2D eigenvalue weighted by Crippen LogP contribution is 2.38. The summed E-state index contributed by atoms with van der Waals surface area (Å²) in [5.74, 6) is 2.90. The Balaban J connectivity index is 1.64. The van der Waals surface area contributed by atoms with Gasteiger partial charge in [0.05, 0.1) is 18.8 Å². The minimum absolute atomic E-state index is 0.0615. The summed E-state index contributed by atoms with van der Waals surface area (Å²) in [6.07, 6.45) is 2.82. The molecule has 1 fully saturated rings. The summed E-state index contributed by atoms with van der Waals surface area (Å²) < 4.78 is 6.17. The van der Waals surface area contributed by atoms with Crippen LogP contribution in [0.5, 0.6) is 5.75 Å². The second-order valence-electron chi connectivity index (χ2n) is 6.12. The molecule has 0 saturated heterocycles. The van der Waals surface area contributed by atoms with Gasteiger partial charge in [-0.05, 0) is 43.4 Å². The molecule has 1 N–H and O–H groups in total. The average Bonchev–Trinajstić information content (AvgIpc) is 3.09. The fourth-order valence-electron chi connectivity index (χ4n) is 3.02. The van der Waals surface area contributed by atoms with E-state index in [4.69, 9.17) is 4.74 Å². The third-order valence-electron chi connectivity index (χ3n) is 4.29. The highest BCUT2D eigenvalue weighted by molar-refractivity contribution is 5.89. The van der Waals surface area contributed by atoms with Crippen molar-refractivity contribution < 1.29 is 4.74 Å². The Morgan fingerprint density at radius 3 is 3.05 bits per heavy atom. The van der Waals surface area contributed by atoms with Gasteiger partial charge in [0, 0.05) is 13.1 Å². The molecular formula is C16H21N3O. The van der Waals surface area contributed by atoms with E-state index in [1.807, 2.05) is 0 Å². The van der Waals surface area contributed by atoms with Crippen molar-refractivity contribution in [2.45, 2.75) is 25.9 Å².